The second kappa shape index (κ2) is 10.1. The van der Waals surface area contributed by atoms with Crippen LogP contribution in [0, 0.1) is 11.8 Å². The quantitative estimate of drug-likeness (QED) is 0.846. The van der Waals surface area contributed by atoms with Gasteiger partial charge in [0, 0.05) is 38.5 Å². The average Bonchev–Trinajstić information content (AvgIpc) is 2.78. The molecule has 6 heteroatoms. The zero-order valence-electron chi connectivity index (χ0n) is 14.6. The van der Waals surface area contributed by atoms with E-state index in [2.05, 4.69) is 5.32 Å². The summed E-state index contributed by atoms with van der Waals surface area (Å²) in [5, 5.41) is 3.37. The van der Waals surface area contributed by atoms with Crippen molar-refractivity contribution in [2.24, 2.45) is 11.8 Å². The average molecular weight is 346 g/mol. The SMILES string of the molecule is CC(C)C(=O)N1CCCN(C(=O)CCC2CCNCC2)CC1.Cl. The highest BCUT2D eigenvalue weighted by molar-refractivity contribution is 5.85. The van der Waals surface area contributed by atoms with Gasteiger partial charge in [-0.05, 0) is 44.7 Å². The van der Waals surface area contributed by atoms with Crippen molar-refractivity contribution < 1.29 is 9.59 Å². The summed E-state index contributed by atoms with van der Waals surface area (Å²) in [6.07, 6.45) is 4.99. The largest absolute Gasteiger partial charge is 0.341 e. The van der Waals surface area contributed by atoms with Crippen molar-refractivity contribution in [3.05, 3.63) is 0 Å². The number of hydrogen-bond acceptors (Lipinski definition) is 3. The summed E-state index contributed by atoms with van der Waals surface area (Å²) in [5.41, 5.74) is 0. The maximum Gasteiger partial charge on any atom is 0.225 e. The molecule has 0 radical (unpaired) electrons. The highest BCUT2D eigenvalue weighted by Gasteiger charge is 2.24. The molecule has 0 bridgehead atoms. The Kier molecular flexibility index (Phi) is 8.92. The van der Waals surface area contributed by atoms with Crippen LogP contribution in [0.4, 0.5) is 0 Å². The predicted octanol–water partition coefficient (Wildman–Crippen LogP) is 1.90. The van der Waals surface area contributed by atoms with Gasteiger partial charge >= 0.3 is 0 Å². The third-order valence-electron chi connectivity index (χ3n) is 4.88. The van der Waals surface area contributed by atoms with E-state index in [-0.39, 0.29) is 30.1 Å². The van der Waals surface area contributed by atoms with Crippen LogP contribution in [0.3, 0.4) is 0 Å². The van der Waals surface area contributed by atoms with Gasteiger partial charge in [0.05, 0.1) is 0 Å². The fraction of sp³-hybridized carbons (Fsp3) is 0.882. The van der Waals surface area contributed by atoms with Crippen LogP contribution in [0.2, 0.25) is 0 Å². The fourth-order valence-corrected chi connectivity index (χ4v) is 3.41. The molecule has 23 heavy (non-hydrogen) atoms. The molecule has 5 nitrogen and oxygen atoms in total. The molecule has 2 saturated heterocycles. The number of amides is 2. The van der Waals surface area contributed by atoms with E-state index in [4.69, 9.17) is 0 Å². The van der Waals surface area contributed by atoms with E-state index in [0.29, 0.717) is 25.4 Å². The molecule has 2 heterocycles. The standard InChI is InChI=1S/C17H31N3O2.ClH/c1-14(2)17(22)20-11-3-10-19(12-13-20)16(21)5-4-15-6-8-18-9-7-15;/h14-15,18H,3-13H2,1-2H3;1H. The van der Waals surface area contributed by atoms with Crippen LogP contribution in [0.15, 0.2) is 0 Å². The molecule has 2 amide bonds. The minimum Gasteiger partial charge on any atom is -0.341 e. The molecular weight excluding hydrogens is 314 g/mol. The Balaban J connectivity index is 0.00000264. The first-order valence-corrected chi connectivity index (χ1v) is 8.85. The van der Waals surface area contributed by atoms with Crippen molar-refractivity contribution in [1.29, 1.82) is 0 Å². The van der Waals surface area contributed by atoms with Gasteiger partial charge in [0.25, 0.3) is 0 Å². The second-order valence-corrected chi connectivity index (χ2v) is 6.95. The summed E-state index contributed by atoms with van der Waals surface area (Å²) in [5.74, 6) is 1.24. The van der Waals surface area contributed by atoms with E-state index in [1.807, 2.05) is 23.6 Å². The minimum atomic E-state index is 0. The maximum absolute atomic E-state index is 12.4. The zero-order valence-corrected chi connectivity index (χ0v) is 15.4. The number of carbonyl (C=O) groups is 2. The molecule has 0 atom stereocenters. The van der Waals surface area contributed by atoms with E-state index in [1.54, 1.807) is 0 Å². The molecule has 2 fully saturated rings. The Hall–Kier alpha value is -0.810. The summed E-state index contributed by atoms with van der Waals surface area (Å²) in [6.45, 7) is 9.04. The van der Waals surface area contributed by atoms with Crippen molar-refractivity contribution in [2.75, 3.05) is 39.3 Å². The molecule has 0 aliphatic carbocycles. The van der Waals surface area contributed by atoms with E-state index >= 15 is 0 Å². The number of hydrogen-bond donors (Lipinski definition) is 1. The monoisotopic (exact) mass is 345 g/mol. The second-order valence-electron chi connectivity index (χ2n) is 6.95. The molecule has 0 saturated carbocycles. The van der Waals surface area contributed by atoms with E-state index in [1.165, 1.54) is 12.8 Å². The molecule has 0 aromatic heterocycles. The molecule has 0 aromatic carbocycles. The lowest BCUT2D eigenvalue weighted by Gasteiger charge is -2.25. The molecular formula is C17H32ClN3O2. The molecule has 2 aliphatic heterocycles. The third-order valence-corrected chi connectivity index (χ3v) is 4.88. The lowest BCUT2D eigenvalue weighted by molar-refractivity contribution is -0.135. The number of nitrogens with one attached hydrogen (secondary N) is 1. The summed E-state index contributed by atoms with van der Waals surface area (Å²) < 4.78 is 0. The van der Waals surface area contributed by atoms with E-state index < -0.39 is 0 Å². The molecule has 2 aliphatic rings. The molecule has 2 rings (SSSR count). The Labute approximate surface area is 146 Å². The van der Waals surface area contributed by atoms with Crippen LogP contribution in [0.5, 0.6) is 0 Å². The molecule has 134 valence electrons. The number of carbonyl (C=O) groups excluding carboxylic acids is 2. The first-order chi connectivity index (χ1) is 10.6. The van der Waals surface area contributed by atoms with Gasteiger partial charge < -0.3 is 15.1 Å². The van der Waals surface area contributed by atoms with E-state index in [9.17, 15) is 9.59 Å². The van der Waals surface area contributed by atoms with Crippen molar-refractivity contribution in [1.82, 2.24) is 15.1 Å². The highest BCUT2D eigenvalue weighted by atomic mass is 35.5. The molecule has 1 N–H and O–H groups in total. The number of rotatable bonds is 4. The van der Waals surface area contributed by atoms with Gasteiger partial charge in [-0.1, -0.05) is 13.8 Å². The van der Waals surface area contributed by atoms with Crippen LogP contribution >= 0.6 is 12.4 Å². The Morgan fingerprint density at radius 1 is 1.04 bits per heavy atom. The van der Waals surface area contributed by atoms with Gasteiger partial charge in [-0.15, -0.1) is 12.4 Å². The van der Waals surface area contributed by atoms with Gasteiger partial charge in [-0.3, -0.25) is 9.59 Å². The summed E-state index contributed by atoms with van der Waals surface area (Å²) >= 11 is 0. The van der Waals surface area contributed by atoms with Gasteiger partial charge in [0.2, 0.25) is 11.8 Å². The highest BCUT2D eigenvalue weighted by Crippen LogP contribution is 2.19. The van der Waals surface area contributed by atoms with Crippen LogP contribution in [0.1, 0.15) is 46.0 Å². The van der Waals surface area contributed by atoms with Crippen molar-refractivity contribution in [3.63, 3.8) is 0 Å². The van der Waals surface area contributed by atoms with Gasteiger partial charge in [-0.2, -0.15) is 0 Å². The Morgan fingerprint density at radius 2 is 1.65 bits per heavy atom. The molecule has 0 spiro atoms. The normalized spacial score (nSPS) is 20.1. The maximum atomic E-state index is 12.4. The van der Waals surface area contributed by atoms with E-state index in [0.717, 1.165) is 39.0 Å². The van der Waals surface area contributed by atoms with Crippen LogP contribution in [-0.2, 0) is 9.59 Å². The number of piperidine rings is 1. The molecule has 0 unspecified atom stereocenters. The molecule has 0 aromatic rings. The number of nitrogens with zero attached hydrogens (tertiary/aromatic N) is 2. The number of halogens is 1. The summed E-state index contributed by atoms with van der Waals surface area (Å²) in [6, 6.07) is 0. The van der Waals surface area contributed by atoms with Gasteiger partial charge in [0.1, 0.15) is 0 Å². The zero-order chi connectivity index (χ0) is 15.9. The summed E-state index contributed by atoms with van der Waals surface area (Å²) in [7, 11) is 0. The van der Waals surface area contributed by atoms with Gasteiger partial charge in [-0.25, -0.2) is 0 Å². The fourth-order valence-electron chi connectivity index (χ4n) is 3.41. The topological polar surface area (TPSA) is 52.7 Å². The third kappa shape index (κ3) is 6.30. The van der Waals surface area contributed by atoms with Crippen molar-refractivity contribution >= 4 is 24.2 Å². The van der Waals surface area contributed by atoms with Crippen molar-refractivity contribution in [3.8, 4) is 0 Å². The smallest absolute Gasteiger partial charge is 0.225 e. The van der Waals surface area contributed by atoms with Crippen LogP contribution < -0.4 is 5.32 Å². The van der Waals surface area contributed by atoms with Crippen LogP contribution in [0.25, 0.3) is 0 Å². The minimum absolute atomic E-state index is 0. The lowest BCUT2D eigenvalue weighted by Crippen LogP contribution is -2.39. The first-order valence-electron chi connectivity index (χ1n) is 8.85. The Bertz CT molecular complexity index is 384. The van der Waals surface area contributed by atoms with Crippen LogP contribution in [-0.4, -0.2) is 60.9 Å². The van der Waals surface area contributed by atoms with Crippen molar-refractivity contribution in [2.45, 2.75) is 46.0 Å². The summed E-state index contributed by atoms with van der Waals surface area (Å²) in [4.78, 5) is 28.4. The lowest BCUT2D eigenvalue weighted by atomic mass is 9.93. The Morgan fingerprint density at radius 3 is 2.30 bits per heavy atom. The predicted molar refractivity (Wildman–Crippen MR) is 94.7 cm³/mol. The first kappa shape index (κ1) is 20.2. The van der Waals surface area contributed by atoms with Gasteiger partial charge in [0.15, 0.2) is 0 Å².